The summed E-state index contributed by atoms with van der Waals surface area (Å²) in [6.45, 7) is 6.18. The maximum absolute atomic E-state index is 12.3. The Kier molecular flexibility index (Phi) is 4.74. The molecule has 0 aromatic rings. The fourth-order valence-corrected chi connectivity index (χ4v) is 4.71. The van der Waals surface area contributed by atoms with E-state index >= 15 is 0 Å². The summed E-state index contributed by atoms with van der Waals surface area (Å²) in [6.07, 6.45) is 3.37. The summed E-state index contributed by atoms with van der Waals surface area (Å²) >= 11 is 6.76. The molecule has 1 saturated heterocycles. The van der Waals surface area contributed by atoms with Crippen LogP contribution in [-0.2, 0) is 10.0 Å². The first-order valence-electron chi connectivity index (χ1n) is 5.91. The van der Waals surface area contributed by atoms with Crippen LogP contribution in [0.15, 0.2) is 0 Å². The molecule has 1 rings (SSSR count). The molecule has 2 N–H and O–H groups in total. The smallest absolute Gasteiger partial charge is 0.219 e. The van der Waals surface area contributed by atoms with Crippen LogP contribution in [0.5, 0.6) is 0 Å². The van der Waals surface area contributed by atoms with Crippen LogP contribution in [0.1, 0.15) is 33.6 Å². The van der Waals surface area contributed by atoms with E-state index in [1.165, 1.54) is 0 Å². The van der Waals surface area contributed by atoms with E-state index in [0.717, 1.165) is 0 Å². The number of piperidine rings is 1. The van der Waals surface area contributed by atoms with E-state index in [2.05, 4.69) is 0 Å². The Hall–Kier alpha value is 0.150. The first kappa shape index (κ1) is 16.2. The van der Waals surface area contributed by atoms with Gasteiger partial charge in [-0.3, -0.25) is 0 Å². The quantitative estimate of drug-likeness (QED) is 0.802. The summed E-state index contributed by atoms with van der Waals surface area (Å²) in [4.78, 5) is 0.489. The van der Waals surface area contributed by atoms with E-state index in [-0.39, 0.29) is 4.75 Å². The fraction of sp³-hybridized carbons (Fsp3) is 0.909. The monoisotopic (exact) mass is 310 g/mol. The predicted octanol–water partition coefficient (Wildman–Crippen LogP) is 1.60. The van der Waals surface area contributed by atoms with Gasteiger partial charge in [0.25, 0.3) is 0 Å². The predicted molar refractivity (Wildman–Crippen MR) is 82.5 cm³/mol. The van der Waals surface area contributed by atoms with Gasteiger partial charge in [0.15, 0.2) is 0 Å². The molecule has 1 aliphatic rings. The second kappa shape index (κ2) is 5.26. The molecule has 0 amide bonds. The van der Waals surface area contributed by atoms with Crippen molar-refractivity contribution in [1.82, 2.24) is 4.31 Å². The molecule has 0 atom stereocenters. The van der Waals surface area contributed by atoms with Crippen LogP contribution >= 0.6 is 24.0 Å². The molecule has 18 heavy (non-hydrogen) atoms. The van der Waals surface area contributed by atoms with Crippen molar-refractivity contribution in [3.05, 3.63) is 0 Å². The third-order valence-corrected chi connectivity index (χ3v) is 8.01. The van der Waals surface area contributed by atoms with Crippen LogP contribution in [-0.4, -0.2) is 46.6 Å². The second-order valence-corrected chi connectivity index (χ2v) is 9.90. The average molecular weight is 311 g/mol. The van der Waals surface area contributed by atoms with Crippen molar-refractivity contribution in [1.29, 1.82) is 0 Å². The summed E-state index contributed by atoms with van der Waals surface area (Å²) in [6, 6.07) is 0. The molecule has 4 nitrogen and oxygen atoms in total. The Labute approximate surface area is 120 Å². The van der Waals surface area contributed by atoms with Crippen LogP contribution < -0.4 is 5.73 Å². The van der Waals surface area contributed by atoms with Gasteiger partial charge in [-0.2, -0.15) is 11.8 Å². The number of nitrogens with zero attached hydrogens (tertiary/aromatic N) is 1. The zero-order chi connectivity index (χ0) is 14.2. The van der Waals surface area contributed by atoms with Gasteiger partial charge in [-0.15, -0.1) is 0 Å². The third-order valence-electron chi connectivity index (χ3n) is 3.48. The lowest BCUT2D eigenvalue weighted by molar-refractivity contribution is 0.324. The normalized spacial score (nSPS) is 21.8. The van der Waals surface area contributed by atoms with Gasteiger partial charge >= 0.3 is 0 Å². The minimum atomic E-state index is -3.24. The van der Waals surface area contributed by atoms with Gasteiger partial charge in [0, 0.05) is 13.1 Å². The molecule has 0 radical (unpaired) electrons. The van der Waals surface area contributed by atoms with Crippen LogP contribution in [0.3, 0.4) is 0 Å². The van der Waals surface area contributed by atoms with Gasteiger partial charge in [0.2, 0.25) is 10.0 Å². The largest absolute Gasteiger partial charge is 0.392 e. The van der Waals surface area contributed by atoms with Crippen molar-refractivity contribution in [3.63, 3.8) is 0 Å². The number of hydrogen-bond donors (Lipinski definition) is 1. The van der Waals surface area contributed by atoms with Crippen molar-refractivity contribution in [3.8, 4) is 0 Å². The molecule has 1 aliphatic heterocycles. The van der Waals surface area contributed by atoms with Crippen molar-refractivity contribution in [2.24, 2.45) is 5.73 Å². The molecular formula is C11H22N2O2S3. The molecule has 106 valence electrons. The van der Waals surface area contributed by atoms with E-state index in [1.54, 1.807) is 36.8 Å². The molecule has 0 aromatic heterocycles. The topological polar surface area (TPSA) is 63.4 Å². The lowest BCUT2D eigenvalue weighted by Crippen LogP contribution is -2.53. The van der Waals surface area contributed by atoms with Crippen LogP contribution in [0, 0.1) is 0 Å². The van der Waals surface area contributed by atoms with Gasteiger partial charge in [-0.05, 0) is 39.9 Å². The maximum atomic E-state index is 12.3. The van der Waals surface area contributed by atoms with E-state index in [0.29, 0.717) is 30.9 Å². The zero-order valence-corrected chi connectivity index (χ0v) is 13.8. The summed E-state index contributed by atoms with van der Waals surface area (Å²) in [5.41, 5.74) is 5.80. The summed E-state index contributed by atoms with van der Waals surface area (Å²) < 4.78 is 25.2. The average Bonchev–Trinajstić information content (AvgIpc) is 2.27. The van der Waals surface area contributed by atoms with Crippen LogP contribution in [0.25, 0.3) is 0 Å². The van der Waals surface area contributed by atoms with Gasteiger partial charge in [-0.1, -0.05) is 12.2 Å². The molecule has 1 heterocycles. The number of thioether (sulfide) groups is 1. The minimum Gasteiger partial charge on any atom is -0.392 e. The van der Waals surface area contributed by atoms with Crippen LogP contribution in [0.2, 0.25) is 0 Å². The fourth-order valence-electron chi connectivity index (χ4n) is 2.03. The van der Waals surface area contributed by atoms with Crippen molar-refractivity contribution in [2.45, 2.75) is 43.1 Å². The highest BCUT2D eigenvalue weighted by atomic mass is 32.2. The number of hydrogen-bond acceptors (Lipinski definition) is 4. The highest BCUT2D eigenvalue weighted by Crippen LogP contribution is 2.37. The number of nitrogens with two attached hydrogens (primary N) is 1. The van der Waals surface area contributed by atoms with Gasteiger partial charge < -0.3 is 5.73 Å². The number of sulfonamides is 1. The Morgan fingerprint density at radius 1 is 1.33 bits per heavy atom. The molecule has 0 unspecified atom stereocenters. The number of thiocarbonyl (C=S) groups is 1. The summed E-state index contributed by atoms with van der Waals surface area (Å²) in [5.74, 6) is 0. The Bertz CT molecular complexity index is 418. The van der Waals surface area contributed by atoms with E-state index in [9.17, 15) is 8.42 Å². The molecule has 0 aliphatic carbocycles. The standard InChI is InChI=1S/C11H22N2O2S3/c1-10(2,3)18(14,15)13-7-5-11(17-4,6-8-13)9(12)16/h5-8H2,1-4H3,(H2,12,16). The molecule has 0 bridgehead atoms. The Morgan fingerprint density at radius 2 is 1.78 bits per heavy atom. The minimum absolute atomic E-state index is 0.237. The molecular weight excluding hydrogens is 288 g/mol. The third kappa shape index (κ3) is 2.84. The first-order valence-corrected chi connectivity index (χ1v) is 8.99. The molecule has 0 aromatic carbocycles. The van der Waals surface area contributed by atoms with Gasteiger partial charge in [-0.25, -0.2) is 12.7 Å². The Morgan fingerprint density at radius 3 is 2.06 bits per heavy atom. The van der Waals surface area contributed by atoms with Gasteiger partial charge in [0.1, 0.15) is 0 Å². The highest BCUT2D eigenvalue weighted by molar-refractivity contribution is 8.02. The zero-order valence-electron chi connectivity index (χ0n) is 11.4. The molecule has 1 fully saturated rings. The van der Waals surface area contributed by atoms with Crippen molar-refractivity contribution < 1.29 is 8.42 Å². The van der Waals surface area contributed by atoms with Crippen molar-refractivity contribution >= 4 is 39.0 Å². The van der Waals surface area contributed by atoms with E-state index < -0.39 is 14.8 Å². The summed E-state index contributed by atoms with van der Waals surface area (Å²) in [5, 5.41) is 0. The first-order chi connectivity index (χ1) is 8.07. The highest BCUT2D eigenvalue weighted by Gasteiger charge is 2.43. The van der Waals surface area contributed by atoms with Crippen LogP contribution in [0.4, 0.5) is 0 Å². The van der Waals surface area contributed by atoms with Crippen molar-refractivity contribution in [2.75, 3.05) is 19.3 Å². The molecule has 7 heteroatoms. The lowest BCUT2D eigenvalue weighted by atomic mass is 9.97. The van der Waals surface area contributed by atoms with Gasteiger partial charge in [0.05, 0.1) is 14.5 Å². The summed E-state index contributed by atoms with van der Waals surface area (Å²) in [7, 11) is -3.24. The Balaban J connectivity index is 2.85. The van der Waals surface area contributed by atoms with E-state index in [1.807, 2.05) is 6.26 Å². The number of rotatable bonds is 3. The molecule has 0 spiro atoms. The SMILES string of the molecule is CSC1(C(N)=S)CCN(S(=O)(=O)C(C)(C)C)CC1. The van der Waals surface area contributed by atoms with E-state index in [4.69, 9.17) is 18.0 Å². The maximum Gasteiger partial charge on any atom is 0.219 e. The molecule has 0 saturated carbocycles. The second-order valence-electron chi connectivity index (χ2n) is 5.58. The lowest BCUT2D eigenvalue weighted by Gasteiger charge is -2.41.